The largest absolute Gasteiger partial charge is 0.384 e. The van der Waals surface area contributed by atoms with Gasteiger partial charge in [-0.25, -0.2) is 9.97 Å². The molecule has 0 amide bonds. The van der Waals surface area contributed by atoms with Crippen LogP contribution in [0.2, 0.25) is 0 Å². The van der Waals surface area contributed by atoms with Crippen LogP contribution in [0.3, 0.4) is 0 Å². The molecule has 2 saturated heterocycles. The van der Waals surface area contributed by atoms with Crippen molar-refractivity contribution in [2.45, 2.75) is 19.3 Å². The van der Waals surface area contributed by atoms with E-state index in [0.717, 1.165) is 49.9 Å². The molecule has 4 heterocycles. The molecule has 4 rings (SSSR count). The lowest BCUT2D eigenvalue weighted by Crippen LogP contribution is -2.29. The Balaban J connectivity index is 1.62. The second-order valence-electron chi connectivity index (χ2n) is 6.47. The normalized spacial score (nSPS) is 24.9. The van der Waals surface area contributed by atoms with Gasteiger partial charge in [0.2, 0.25) is 0 Å². The van der Waals surface area contributed by atoms with Crippen molar-refractivity contribution in [2.24, 2.45) is 5.41 Å². The molecule has 22 heavy (non-hydrogen) atoms. The number of rotatable bonds is 4. The lowest BCUT2D eigenvalue weighted by molar-refractivity contribution is 0.203. The topological polar surface area (TPSA) is 50.3 Å². The zero-order valence-electron chi connectivity index (χ0n) is 13.0. The molecule has 0 aromatic carbocycles. The summed E-state index contributed by atoms with van der Waals surface area (Å²) in [6.07, 6.45) is 5.23. The summed E-state index contributed by atoms with van der Waals surface area (Å²) in [7, 11) is 1.75. The number of fused-ring (bicyclic) bond motifs is 1. The second-order valence-corrected chi connectivity index (χ2v) is 7.59. The van der Waals surface area contributed by atoms with Crippen LogP contribution in [0.5, 0.6) is 0 Å². The molecule has 0 radical (unpaired) electrons. The Labute approximate surface area is 134 Å². The van der Waals surface area contributed by atoms with Crippen LogP contribution >= 0.6 is 11.3 Å². The van der Waals surface area contributed by atoms with Gasteiger partial charge in [0.1, 0.15) is 17.0 Å². The molecule has 2 aliphatic heterocycles. The van der Waals surface area contributed by atoms with Gasteiger partial charge in [0, 0.05) is 43.5 Å². The smallest absolute Gasteiger partial charge is 0.140 e. The van der Waals surface area contributed by atoms with Crippen molar-refractivity contribution < 1.29 is 4.74 Å². The maximum Gasteiger partial charge on any atom is 0.140 e. The van der Waals surface area contributed by atoms with E-state index in [-0.39, 0.29) is 0 Å². The fourth-order valence-electron chi connectivity index (χ4n) is 3.73. The van der Waals surface area contributed by atoms with E-state index >= 15 is 0 Å². The molecule has 1 spiro atoms. The lowest BCUT2D eigenvalue weighted by Gasteiger charge is -2.23. The molecule has 0 aliphatic carbocycles. The Bertz CT molecular complexity index is 665. The van der Waals surface area contributed by atoms with Crippen LogP contribution in [0.4, 0.5) is 5.82 Å². The molecule has 2 aromatic heterocycles. The molecule has 2 aliphatic rings. The summed E-state index contributed by atoms with van der Waals surface area (Å²) < 4.78 is 5.19. The predicted molar refractivity (Wildman–Crippen MR) is 89.7 cm³/mol. The van der Waals surface area contributed by atoms with Gasteiger partial charge in [0.05, 0.1) is 12.0 Å². The van der Waals surface area contributed by atoms with Crippen LogP contribution in [0.15, 0.2) is 12.4 Å². The number of methoxy groups -OCH3 is 1. The van der Waals surface area contributed by atoms with E-state index in [1.54, 1.807) is 24.8 Å². The molecule has 6 heteroatoms. The summed E-state index contributed by atoms with van der Waals surface area (Å²) in [5, 5.41) is 4.73. The third kappa shape index (κ3) is 2.49. The molecule has 1 N–H and O–H groups in total. The second kappa shape index (κ2) is 5.76. The number of thiophene rings is 1. The van der Waals surface area contributed by atoms with E-state index in [9.17, 15) is 0 Å². The summed E-state index contributed by atoms with van der Waals surface area (Å²) >= 11 is 1.76. The molecular formula is C16H22N4OS. The summed E-state index contributed by atoms with van der Waals surface area (Å²) in [6, 6.07) is 2.26. The van der Waals surface area contributed by atoms with Crippen molar-refractivity contribution in [3.05, 3.63) is 17.3 Å². The van der Waals surface area contributed by atoms with E-state index in [4.69, 9.17) is 4.74 Å². The van der Waals surface area contributed by atoms with E-state index in [2.05, 4.69) is 26.3 Å². The van der Waals surface area contributed by atoms with E-state index in [1.807, 2.05) is 0 Å². The van der Waals surface area contributed by atoms with Gasteiger partial charge >= 0.3 is 0 Å². The van der Waals surface area contributed by atoms with Gasteiger partial charge in [-0.3, -0.25) is 0 Å². The highest BCUT2D eigenvalue weighted by Crippen LogP contribution is 2.40. The van der Waals surface area contributed by atoms with Gasteiger partial charge in [-0.05, 0) is 25.5 Å². The summed E-state index contributed by atoms with van der Waals surface area (Å²) in [6.45, 7) is 5.30. The van der Waals surface area contributed by atoms with Crippen LogP contribution in [0.1, 0.15) is 17.7 Å². The van der Waals surface area contributed by atoms with Crippen LogP contribution < -0.4 is 10.2 Å². The highest BCUT2D eigenvalue weighted by atomic mass is 32.1. The van der Waals surface area contributed by atoms with Crippen molar-refractivity contribution >= 4 is 27.4 Å². The molecule has 118 valence electrons. The first-order valence-corrected chi connectivity index (χ1v) is 8.79. The molecule has 2 aromatic rings. The Hall–Kier alpha value is -1.24. The van der Waals surface area contributed by atoms with E-state index < -0.39 is 0 Å². The highest BCUT2D eigenvalue weighted by Gasteiger charge is 2.41. The van der Waals surface area contributed by atoms with Crippen molar-refractivity contribution in [3.8, 4) is 0 Å². The van der Waals surface area contributed by atoms with Crippen molar-refractivity contribution in [2.75, 3.05) is 44.8 Å². The monoisotopic (exact) mass is 318 g/mol. The lowest BCUT2D eigenvalue weighted by atomic mass is 9.87. The van der Waals surface area contributed by atoms with Gasteiger partial charge in [-0.15, -0.1) is 11.3 Å². The Kier molecular flexibility index (Phi) is 3.76. The van der Waals surface area contributed by atoms with Gasteiger partial charge in [0.25, 0.3) is 0 Å². The third-order valence-corrected chi connectivity index (χ3v) is 6.08. The maximum absolute atomic E-state index is 5.19. The summed E-state index contributed by atoms with van der Waals surface area (Å²) in [4.78, 5) is 14.0. The zero-order chi connectivity index (χ0) is 15.0. The van der Waals surface area contributed by atoms with E-state index in [1.165, 1.54) is 23.1 Å². The standard InChI is InChI=1S/C16H22N4OS/c1-21-7-2-12-8-13-14(18-11-19-15(13)22-12)20-6-4-16(10-20)3-5-17-9-16/h8,11,17H,2-7,9-10H2,1H3. The molecule has 5 nitrogen and oxygen atoms in total. The number of ether oxygens (including phenoxy) is 1. The van der Waals surface area contributed by atoms with E-state index in [0.29, 0.717) is 5.41 Å². The summed E-state index contributed by atoms with van der Waals surface area (Å²) in [5.41, 5.74) is 0.464. The minimum Gasteiger partial charge on any atom is -0.384 e. The van der Waals surface area contributed by atoms with Crippen LogP contribution in [-0.2, 0) is 11.2 Å². The first kappa shape index (κ1) is 14.4. The van der Waals surface area contributed by atoms with Crippen LogP contribution in [-0.4, -0.2) is 49.9 Å². The first-order valence-electron chi connectivity index (χ1n) is 7.98. The Morgan fingerprint density at radius 3 is 3.18 bits per heavy atom. The quantitative estimate of drug-likeness (QED) is 0.935. The molecular weight excluding hydrogens is 296 g/mol. The Morgan fingerprint density at radius 2 is 2.36 bits per heavy atom. The predicted octanol–water partition coefficient (Wildman–Crippen LogP) is 2.07. The fourth-order valence-corrected chi connectivity index (χ4v) is 4.70. The van der Waals surface area contributed by atoms with Crippen molar-refractivity contribution in [1.82, 2.24) is 15.3 Å². The number of anilines is 1. The summed E-state index contributed by atoms with van der Waals surface area (Å²) in [5.74, 6) is 1.12. The minimum atomic E-state index is 0.464. The highest BCUT2D eigenvalue weighted by molar-refractivity contribution is 7.18. The van der Waals surface area contributed by atoms with Gasteiger partial charge < -0.3 is 15.0 Å². The van der Waals surface area contributed by atoms with Gasteiger partial charge in [0.15, 0.2) is 0 Å². The average molecular weight is 318 g/mol. The van der Waals surface area contributed by atoms with Crippen LogP contribution in [0, 0.1) is 5.41 Å². The molecule has 0 bridgehead atoms. The van der Waals surface area contributed by atoms with Gasteiger partial charge in [-0.1, -0.05) is 0 Å². The SMILES string of the molecule is COCCc1cc2c(N3CCC4(CCNC4)C3)ncnc2s1. The van der Waals surface area contributed by atoms with Crippen molar-refractivity contribution in [3.63, 3.8) is 0 Å². The fraction of sp³-hybridized carbons (Fsp3) is 0.625. The Morgan fingerprint density at radius 1 is 1.41 bits per heavy atom. The van der Waals surface area contributed by atoms with Crippen molar-refractivity contribution in [1.29, 1.82) is 0 Å². The maximum atomic E-state index is 5.19. The number of hydrogen-bond acceptors (Lipinski definition) is 6. The number of nitrogens with one attached hydrogen (secondary N) is 1. The molecule has 2 fully saturated rings. The first-order chi connectivity index (χ1) is 10.8. The number of aromatic nitrogens is 2. The molecule has 1 unspecified atom stereocenters. The minimum absolute atomic E-state index is 0.464. The van der Waals surface area contributed by atoms with Crippen LogP contribution in [0.25, 0.3) is 10.2 Å². The molecule has 1 atom stereocenters. The molecule has 0 saturated carbocycles. The zero-order valence-corrected chi connectivity index (χ0v) is 13.8. The number of nitrogens with zero attached hydrogens (tertiary/aromatic N) is 3. The average Bonchev–Trinajstić information content (AvgIpc) is 3.25. The number of hydrogen-bond donors (Lipinski definition) is 1. The third-order valence-electron chi connectivity index (χ3n) is 4.98. The van der Waals surface area contributed by atoms with Gasteiger partial charge in [-0.2, -0.15) is 0 Å².